The van der Waals surface area contributed by atoms with Crippen molar-refractivity contribution in [2.45, 2.75) is 25.4 Å². The molecule has 0 spiro atoms. The molecule has 0 unspecified atom stereocenters. The molecule has 0 aliphatic carbocycles. The van der Waals surface area contributed by atoms with E-state index in [0.717, 1.165) is 0 Å². The largest absolute Gasteiger partial charge is 0.479 e. The highest BCUT2D eigenvalue weighted by atomic mass is 19.1. The lowest BCUT2D eigenvalue weighted by molar-refractivity contribution is -0.159. The number of carbonyl (C=O) groups is 2. The molecule has 21 heavy (non-hydrogen) atoms. The summed E-state index contributed by atoms with van der Waals surface area (Å²) in [5, 5.41) is 8.92. The van der Waals surface area contributed by atoms with E-state index in [1.165, 1.54) is 11.0 Å². The summed E-state index contributed by atoms with van der Waals surface area (Å²) in [4.78, 5) is 24.6. The summed E-state index contributed by atoms with van der Waals surface area (Å²) in [5.74, 6) is -1.84. The van der Waals surface area contributed by atoms with Gasteiger partial charge >= 0.3 is 5.97 Å². The van der Waals surface area contributed by atoms with Gasteiger partial charge in [0.1, 0.15) is 5.82 Å². The van der Waals surface area contributed by atoms with Crippen molar-refractivity contribution in [3.8, 4) is 0 Å². The number of nitrogens with zero attached hydrogens (tertiary/aromatic N) is 1. The number of ether oxygens (including phenoxy) is 1. The topological polar surface area (TPSA) is 66.8 Å². The van der Waals surface area contributed by atoms with Gasteiger partial charge < -0.3 is 14.7 Å². The summed E-state index contributed by atoms with van der Waals surface area (Å²) in [6.07, 6.45) is -0.834. The van der Waals surface area contributed by atoms with Crippen molar-refractivity contribution >= 4 is 11.9 Å². The summed E-state index contributed by atoms with van der Waals surface area (Å²) < 4.78 is 18.8. The fourth-order valence-electron chi connectivity index (χ4n) is 2.40. The van der Waals surface area contributed by atoms with E-state index < -0.39 is 12.1 Å². The number of amides is 1. The summed E-state index contributed by atoms with van der Waals surface area (Å²) in [6, 6.07) is 6.36. The number of carboxylic acids is 1. The molecule has 1 N–H and O–H groups in total. The molecule has 1 saturated heterocycles. The van der Waals surface area contributed by atoms with Crippen LogP contribution in [0.3, 0.4) is 0 Å². The quantitative estimate of drug-likeness (QED) is 0.917. The highest BCUT2D eigenvalue weighted by molar-refractivity contribution is 5.79. The van der Waals surface area contributed by atoms with Crippen molar-refractivity contribution in [1.82, 2.24) is 4.90 Å². The summed E-state index contributed by atoms with van der Waals surface area (Å²) >= 11 is 0. The zero-order valence-corrected chi connectivity index (χ0v) is 11.8. The van der Waals surface area contributed by atoms with E-state index in [0.29, 0.717) is 12.1 Å². The molecule has 1 aromatic rings. The van der Waals surface area contributed by atoms with Crippen LogP contribution in [0, 0.1) is 5.82 Å². The number of carbonyl (C=O) groups excluding carboxylic acids is 1. The van der Waals surface area contributed by atoms with E-state index in [-0.39, 0.29) is 37.2 Å². The smallest absolute Gasteiger partial charge is 0.334 e. The molecule has 0 radical (unpaired) electrons. The maximum absolute atomic E-state index is 13.7. The molecule has 1 aliphatic heterocycles. The minimum absolute atomic E-state index is 0.0398. The second-order valence-corrected chi connectivity index (χ2v) is 5.16. The summed E-state index contributed by atoms with van der Waals surface area (Å²) in [5.41, 5.74) is 0.494. The van der Waals surface area contributed by atoms with Crippen LogP contribution in [0.5, 0.6) is 0 Å². The van der Waals surface area contributed by atoms with Crippen LogP contribution in [-0.2, 0) is 14.3 Å². The second-order valence-electron chi connectivity index (χ2n) is 5.16. The van der Waals surface area contributed by atoms with Gasteiger partial charge in [0.2, 0.25) is 5.91 Å². The molecular formula is C15H18FNO4. The molecule has 2 atom stereocenters. The molecule has 2 rings (SSSR count). The zero-order valence-electron chi connectivity index (χ0n) is 11.8. The number of halogens is 1. The predicted octanol–water partition coefficient (Wildman–Crippen LogP) is 1.63. The maximum atomic E-state index is 13.7. The van der Waals surface area contributed by atoms with E-state index in [9.17, 15) is 14.0 Å². The number of benzene rings is 1. The van der Waals surface area contributed by atoms with Crippen molar-refractivity contribution in [3.05, 3.63) is 35.6 Å². The van der Waals surface area contributed by atoms with Gasteiger partial charge in [-0.2, -0.15) is 0 Å². The van der Waals surface area contributed by atoms with Gasteiger partial charge in [0.25, 0.3) is 0 Å². The number of carboxylic acid groups (broad SMARTS) is 1. The van der Waals surface area contributed by atoms with E-state index in [2.05, 4.69) is 0 Å². The molecule has 1 aliphatic rings. The molecule has 1 fully saturated rings. The first-order valence-electron chi connectivity index (χ1n) is 6.85. The van der Waals surface area contributed by atoms with Gasteiger partial charge in [0, 0.05) is 13.0 Å². The van der Waals surface area contributed by atoms with Crippen LogP contribution in [0.15, 0.2) is 24.3 Å². The number of aliphatic carboxylic acids is 1. The average Bonchev–Trinajstić information content (AvgIpc) is 2.47. The highest BCUT2D eigenvalue weighted by Crippen LogP contribution is 2.23. The summed E-state index contributed by atoms with van der Waals surface area (Å²) in [6.45, 7) is 2.40. The van der Waals surface area contributed by atoms with Gasteiger partial charge in [-0.15, -0.1) is 0 Å². The molecule has 0 saturated carbocycles. The Balaban J connectivity index is 1.98. The van der Waals surface area contributed by atoms with Crippen molar-refractivity contribution in [2.24, 2.45) is 0 Å². The predicted molar refractivity (Wildman–Crippen MR) is 73.4 cm³/mol. The van der Waals surface area contributed by atoms with Gasteiger partial charge in [-0.25, -0.2) is 9.18 Å². The van der Waals surface area contributed by atoms with Crippen LogP contribution < -0.4 is 0 Å². The van der Waals surface area contributed by atoms with Crippen molar-refractivity contribution in [2.75, 3.05) is 19.7 Å². The Morgan fingerprint density at radius 2 is 2.19 bits per heavy atom. The molecule has 6 heteroatoms. The van der Waals surface area contributed by atoms with Crippen LogP contribution in [0.25, 0.3) is 0 Å². The minimum atomic E-state index is -1.07. The van der Waals surface area contributed by atoms with Gasteiger partial charge in [-0.3, -0.25) is 4.79 Å². The highest BCUT2D eigenvalue weighted by Gasteiger charge is 2.29. The Hall–Kier alpha value is -1.95. The Kier molecular flexibility index (Phi) is 4.90. The van der Waals surface area contributed by atoms with E-state index in [1.807, 2.05) is 0 Å². The van der Waals surface area contributed by atoms with Crippen LogP contribution >= 0.6 is 0 Å². The third kappa shape index (κ3) is 3.78. The third-order valence-electron chi connectivity index (χ3n) is 3.61. The standard InChI is InChI=1S/C15H18FNO4/c1-10(11-4-2-3-5-12(11)16)8-14(18)17-6-7-21-13(9-17)15(19)20/h2-5,10,13H,6-9H2,1H3,(H,19,20)/t10-,13-/m0/s1. The van der Waals surface area contributed by atoms with Crippen molar-refractivity contribution in [3.63, 3.8) is 0 Å². The van der Waals surface area contributed by atoms with Crippen LogP contribution in [-0.4, -0.2) is 47.7 Å². The molecule has 1 aromatic carbocycles. The van der Waals surface area contributed by atoms with Crippen molar-refractivity contribution < 1.29 is 23.8 Å². The molecule has 1 heterocycles. The number of hydrogen-bond donors (Lipinski definition) is 1. The Bertz CT molecular complexity index is 534. The molecule has 0 bridgehead atoms. The lowest BCUT2D eigenvalue weighted by Crippen LogP contribution is -2.48. The fraction of sp³-hybridized carbons (Fsp3) is 0.467. The molecule has 1 amide bonds. The van der Waals surface area contributed by atoms with Crippen LogP contribution in [0.4, 0.5) is 4.39 Å². The first-order chi connectivity index (χ1) is 9.99. The minimum Gasteiger partial charge on any atom is -0.479 e. The molecule has 114 valence electrons. The SMILES string of the molecule is C[C@@H](CC(=O)N1CCO[C@H](C(=O)O)C1)c1ccccc1F. The lowest BCUT2D eigenvalue weighted by Gasteiger charge is -2.31. The van der Waals surface area contributed by atoms with Gasteiger partial charge in [0.15, 0.2) is 6.10 Å². The average molecular weight is 295 g/mol. The number of rotatable bonds is 4. The van der Waals surface area contributed by atoms with Crippen LogP contribution in [0.2, 0.25) is 0 Å². The van der Waals surface area contributed by atoms with E-state index in [1.54, 1.807) is 25.1 Å². The fourth-order valence-corrected chi connectivity index (χ4v) is 2.40. The zero-order chi connectivity index (χ0) is 15.4. The Labute approximate surface area is 122 Å². The monoisotopic (exact) mass is 295 g/mol. The normalized spacial score (nSPS) is 20.1. The second kappa shape index (κ2) is 6.67. The molecule has 0 aromatic heterocycles. The van der Waals surface area contributed by atoms with Gasteiger partial charge in [-0.1, -0.05) is 25.1 Å². The Morgan fingerprint density at radius 3 is 2.86 bits per heavy atom. The van der Waals surface area contributed by atoms with E-state index in [4.69, 9.17) is 9.84 Å². The first-order valence-corrected chi connectivity index (χ1v) is 6.85. The van der Waals surface area contributed by atoms with E-state index >= 15 is 0 Å². The summed E-state index contributed by atoms with van der Waals surface area (Å²) in [7, 11) is 0. The first kappa shape index (κ1) is 15.4. The van der Waals surface area contributed by atoms with Crippen LogP contribution in [0.1, 0.15) is 24.8 Å². The van der Waals surface area contributed by atoms with Gasteiger partial charge in [0.05, 0.1) is 13.2 Å². The molecular weight excluding hydrogens is 277 g/mol. The molecule has 5 nitrogen and oxygen atoms in total. The van der Waals surface area contributed by atoms with Crippen molar-refractivity contribution in [1.29, 1.82) is 0 Å². The van der Waals surface area contributed by atoms with Gasteiger partial charge in [-0.05, 0) is 17.5 Å². The third-order valence-corrected chi connectivity index (χ3v) is 3.61. The Morgan fingerprint density at radius 1 is 1.48 bits per heavy atom. The number of morpholine rings is 1. The lowest BCUT2D eigenvalue weighted by atomic mass is 9.96. The maximum Gasteiger partial charge on any atom is 0.334 e. The number of hydrogen-bond acceptors (Lipinski definition) is 3.